The van der Waals surface area contributed by atoms with Crippen LogP contribution in [0.5, 0.6) is 0 Å². The van der Waals surface area contributed by atoms with E-state index >= 15 is 0 Å². The Labute approximate surface area is 61.4 Å². The molecule has 1 aliphatic rings. The number of carbonyl (C=O) groups excluding carboxylic acids is 1. The Kier molecular flexibility index (Phi) is 2.83. The molecule has 1 heterocycles. The number of rotatable bonds is 2. The van der Waals surface area contributed by atoms with Gasteiger partial charge in [-0.1, -0.05) is 0 Å². The van der Waals surface area contributed by atoms with Crippen molar-refractivity contribution in [3.05, 3.63) is 0 Å². The van der Waals surface area contributed by atoms with Gasteiger partial charge < -0.3 is 10.1 Å². The van der Waals surface area contributed by atoms with Gasteiger partial charge in [-0.15, -0.1) is 0 Å². The van der Waals surface area contributed by atoms with Crippen molar-refractivity contribution in [2.45, 2.75) is 13.0 Å². The third-order valence-electron chi connectivity index (χ3n) is 1.92. The molecule has 1 fully saturated rings. The van der Waals surface area contributed by atoms with Crippen molar-refractivity contribution in [1.82, 2.24) is 10.2 Å². The normalized spacial score (nSPS) is 24.1. The number of hydrogen-bond acceptors (Lipinski definition) is 3. The Hall–Kier alpha value is -0.410. The number of nitrogens with one attached hydrogen (secondary N) is 1. The molecule has 3 nitrogen and oxygen atoms in total. The fraction of sp³-hybridized carbons (Fsp3) is 0.857. The summed E-state index contributed by atoms with van der Waals surface area (Å²) < 4.78 is 0. The van der Waals surface area contributed by atoms with Gasteiger partial charge in [0.1, 0.15) is 6.29 Å². The van der Waals surface area contributed by atoms with E-state index in [1.165, 1.54) is 0 Å². The number of aldehydes is 1. The highest BCUT2D eigenvalue weighted by Crippen LogP contribution is 1.96. The smallest absolute Gasteiger partial charge is 0.136 e. The van der Waals surface area contributed by atoms with Crippen molar-refractivity contribution in [3.63, 3.8) is 0 Å². The quantitative estimate of drug-likeness (QED) is 0.526. The van der Waals surface area contributed by atoms with Gasteiger partial charge in [-0.05, 0) is 6.92 Å². The lowest BCUT2D eigenvalue weighted by Crippen LogP contribution is -2.47. The number of carbonyl (C=O) groups is 1. The predicted molar refractivity (Wildman–Crippen MR) is 40.0 cm³/mol. The van der Waals surface area contributed by atoms with Crippen molar-refractivity contribution < 1.29 is 4.79 Å². The molecule has 0 aromatic rings. The topological polar surface area (TPSA) is 32.3 Å². The molecule has 1 N–H and O–H groups in total. The zero-order valence-electron chi connectivity index (χ0n) is 6.34. The summed E-state index contributed by atoms with van der Waals surface area (Å²) in [7, 11) is 0. The summed E-state index contributed by atoms with van der Waals surface area (Å²) in [5.74, 6) is 0. The highest BCUT2D eigenvalue weighted by atomic mass is 16.1. The molecule has 0 saturated carbocycles. The van der Waals surface area contributed by atoms with Gasteiger partial charge in [-0.2, -0.15) is 0 Å². The first kappa shape index (κ1) is 7.69. The number of hydrogen-bond donors (Lipinski definition) is 1. The first-order chi connectivity index (χ1) is 4.84. The molecule has 1 saturated heterocycles. The molecule has 0 radical (unpaired) electrons. The van der Waals surface area contributed by atoms with Crippen LogP contribution in [-0.2, 0) is 4.79 Å². The second kappa shape index (κ2) is 3.68. The van der Waals surface area contributed by atoms with Crippen LogP contribution in [-0.4, -0.2) is 43.4 Å². The molecule has 1 unspecified atom stereocenters. The summed E-state index contributed by atoms with van der Waals surface area (Å²) in [6, 6.07) is 0.0992. The minimum Gasteiger partial charge on any atom is -0.314 e. The molecule has 1 atom stereocenters. The van der Waals surface area contributed by atoms with Crippen molar-refractivity contribution >= 4 is 6.29 Å². The number of piperazine rings is 1. The molecule has 0 bridgehead atoms. The average molecular weight is 142 g/mol. The highest BCUT2D eigenvalue weighted by Gasteiger charge is 2.14. The molecule has 1 rings (SSSR count). The standard InChI is InChI=1S/C7H14N2O/c1-7(6-10)9-4-2-8-3-5-9/h6-8H,2-5H2,1H3. The van der Waals surface area contributed by atoms with Crippen LogP contribution < -0.4 is 5.32 Å². The predicted octanol–water partition coefficient (Wildman–Crippen LogP) is -0.521. The Morgan fingerprint density at radius 3 is 2.60 bits per heavy atom. The van der Waals surface area contributed by atoms with E-state index in [0.29, 0.717) is 0 Å². The van der Waals surface area contributed by atoms with Crippen LogP contribution in [0, 0.1) is 0 Å². The maximum absolute atomic E-state index is 10.3. The van der Waals surface area contributed by atoms with Gasteiger partial charge in [0.05, 0.1) is 6.04 Å². The van der Waals surface area contributed by atoms with E-state index in [2.05, 4.69) is 10.2 Å². The van der Waals surface area contributed by atoms with E-state index in [9.17, 15) is 4.79 Å². The van der Waals surface area contributed by atoms with Gasteiger partial charge in [-0.3, -0.25) is 4.90 Å². The lowest BCUT2D eigenvalue weighted by Gasteiger charge is -2.29. The molecule has 0 aromatic carbocycles. The third-order valence-corrected chi connectivity index (χ3v) is 1.92. The summed E-state index contributed by atoms with van der Waals surface area (Å²) in [6.07, 6.45) is 1.01. The molecule has 3 heteroatoms. The van der Waals surface area contributed by atoms with Gasteiger partial charge >= 0.3 is 0 Å². The van der Waals surface area contributed by atoms with Crippen LogP contribution in [0.1, 0.15) is 6.92 Å². The summed E-state index contributed by atoms with van der Waals surface area (Å²) >= 11 is 0. The molecule has 10 heavy (non-hydrogen) atoms. The maximum atomic E-state index is 10.3. The second-order valence-corrected chi connectivity index (χ2v) is 2.66. The second-order valence-electron chi connectivity index (χ2n) is 2.66. The van der Waals surface area contributed by atoms with Crippen LogP contribution in [0.15, 0.2) is 0 Å². The lowest BCUT2D eigenvalue weighted by atomic mass is 10.2. The molecule has 0 aliphatic carbocycles. The van der Waals surface area contributed by atoms with Gasteiger partial charge in [-0.25, -0.2) is 0 Å². The van der Waals surface area contributed by atoms with Gasteiger partial charge in [0, 0.05) is 26.2 Å². The van der Waals surface area contributed by atoms with E-state index in [1.807, 2.05) is 6.92 Å². The third kappa shape index (κ3) is 1.78. The minimum absolute atomic E-state index is 0.0992. The summed E-state index contributed by atoms with van der Waals surface area (Å²) in [5, 5.41) is 3.24. The summed E-state index contributed by atoms with van der Waals surface area (Å²) in [4.78, 5) is 12.5. The molecule has 0 spiro atoms. The molecular weight excluding hydrogens is 128 g/mol. The van der Waals surface area contributed by atoms with Crippen LogP contribution in [0.2, 0.25) is 0 Å². The highest BCUT2D eigenvalue weighted by molar-refractivity contribution is 5.56. The zero-order chi connectivity index (χ0) is 7.40. The Morgan fingerprint density at radius 1 is 1.50 bits per heavy atom. The van der Waals surface area contributed by atoms with Crippen LogP contribution >= 0.6 is 0 Å². The lowest BCUT2D eigenvalue weighted by molar-refractivity contribution is -0.112. The summed E-state index contributed by atoms with van der Waals surface area (Å²) in [5.41, 5.74) is 0. The van der Waals surface area contributed by atoms with Crippen LogP contribution in [0.4, 0.5) is 0 Å². The van der Waals surface area contributed by atoms with E-state index < -0.39 is 0 Å². The fourth-order valence-corrected chi connectivity index (χ4v) is 1.18. The largest absolute Gasteiger partial charge is 0.314 e. The Morgan fingerprint density at radius 2 is 2.10 bits per heavy atom. The van der Waals surface area contributed by atoms with Crippen molar-refractivity contribution in [2.24, 2.45) is 0 Å². The molecular formula is C7H14N2O. The maximum Gasteiger partial charge on any atom is 0.136 e. The van der Waals surface area contributed by atoms with E-state index in [0.717, 1.165) is 32.5 Å². The van der Waals surface area contributed by atoms with E-state index in [4.69, 9.17) is 0 Å². The first-order valence-corrected chi connectivity index (χ1v) is 3.74. The van der Waals surface area contributed by atoms with Crippen molar-refractivity contribution in [1.29, 1.82) is 0 Å². The molecule has 1 aliphatic heterocycles. The van der Waals surface area contributed by atoms with E-state index in [1.54, 1.807) is 0 Å². The fourth-order valence-electron chi connectivity index (χ4n) is 1.18. The van der Waals surface area contributed by atoms with Crippen LogP contribution in [0.3, 0.4) is 0 Å². The van der Waals surface area contributed by atoms with Gasteiger partial charge in [0.2, 0.25) is 0 Å². The van der Waals surface area contributed by atoms with Gasteiger partial charge in [0.25, 0.3) is 0 Å². The van der Waals surface area contributed by atoms with E-state index in [-0.39, 0.29) is 6.04 Å². The van der Waals surface area contributed by atoms with Crippen molar-refractivity contribution in [3.8, 4) is 0 Å². The molecule has 58 valence electrons. The average Bonchev–Trinajstić information content (AvgIpc) is 2.05. The Bertz CT molecular complexity index is 110. The zero-order valence-corrected chi connectivity index (χ0v) is 6.34. The molecule has 0 amide bonds. The SMILES string of the molecule is CC(C=O)N1CCNCC1. The van der Waals surface area contributed by atoms with Crippen molar-refractivity contribution in [2.75, 3.05) is 26.2 Å². The Balaban J connectivity index is 2.30. The minimum atomic E-state index is 0.0992. The van der Waals surface area contributed by atoms with Crippen LogP contribution in [0.25, 0.3) is 0 Å². The monoisotopic (exact) mass is 142 g/mol. The summed E-state index contributed by atoms with van der Waals surface area (Å²) in [6.45, 7) is 5.97. The molecule has 0 aromatic heterocycles. The van der Waals surface area contributed by atoms with Gasteiger partial charge in [0.15, 0.2) is 0 Å². The first-order valence-electron chi connectivity index (χ1n) is 3.74. The number of nitrogens with zero attached hydrogens (tertiary/aromatic N) is 1.